The van der Waals surface area contributed by atoms with E-state index in [0.29, 0.717) is 5.15 Å². The van der Waals surface area contributed by atoms with Gasteiger partial charge in [0.15, 0.2) is 0 Å². The fraction of sp³-hybridized carbons (Fsp3) is 0.217. The number of anilines is 2. The maximum absolute atomic E-state index is 5.91. The van der Waals surface area contributed by atoms with Gasteiger partial charge in [-0.25, -0.2) is 24.9 Å². The molecule has 0 bridgehead atoms. The van der Waals surface area contributed by atoms with Crippen LogP contribution in [0.3, 0.4) is 0 Å². The van der Waals surface area contributed by atoms with Gasteiger partial charge in [-0.1, -0.05) is 25.4 Å². The molecule has 0 atom stereocenters. The Labute approximate surface area is 194 Å². The number of hydrogen-bond acceptors (Lipinski definition) is 7. The van der Waals surface area contributed by atoms with Crippen LogP contribution in [0.15, 0.2) is 42.3 Å². The standard InChI is InChI=1S/C15H14N6.C8H8ClN3/c1-2-9-6-18-14-13(9)15(20-8-19-14)21-12-3-10-4-16-5-11(10)7-17-12;1-2-5-3-10-8-6(5)7(9)11-4-12-8/h3-4,6-8H,2,5H2,1H3,(H2,17,18,19,20,21);3-4H,2H2,1H3,(H,10,11,12). The molecule has 6 rings (SSSR count). The number of nitrogens with one attached hydrogen (secondary N) is 3. The summed E-state index contributed by atoms with van der Waals surface area (Å²) >= 11 is 5.91. The first-order valence-electron chi connectivity index (χ1n) is 10.7. The van der Waals surface area contributed by atoms with Crippen LogP contribution >= 0.6 is 11.6 Å². The monoisotopic (exact) mass is 459 g/mol. The highest BCUT2D eigenvalue weighted by Crippen LogP contribution is 2.27. The van der Waals surface area contributed by atoms with Crippen LogP contribution in [0.1, 0.15) is 36.1 Å². The maximum Gasteiger partial charge on any atom is 0.144 e. The summed E-state index contributed by atoms with van der Waals surface area (Å²) in [7, 11) is 0. The number of nitrogens with zero attached hydrogens (tertiary/aromatic N) is 6. The summed E-state index contributed by atoms with van der Waals surface area (Å²) in [6.45, 7) is 4.91. The van der Waals surface area contributed by atoms with Crippen molar-refractivity contribution in [1.29, 1.82) is 0 Å². The van der Waals surface area contributed by atoms with Crippen molar-refractivity contribution in [3.8, 4) is 0 Å². The first-order chi connectivity index (χ1) is 16.2. The second kappa shape index (κ2) is 8.95. The van der Waals surface area contributed by atoms with Gasteiger partial charge >= 0.3 is 0 Å². The Hall–Kier alpha value is -3.85. The lowest BCUT2D eigenvalue weighted by molar-refractivity contribution is 1.08. The summed E-state index contributed by atoms with van der Waals surface area (Å²) in [4.78, 5) is 31.5. The molecule has 33 heavy (non-hydrogen) atoms. The molecule has 0 spiro atoms. The Morgan fingerprint density at radius 1 is 0.909 bits per heavy atom. The molecule has 0 aromatic carbocycles. The van der Waals surface area contributed by atoms with E-state index in [9.17, 15) is 0 Å². The van der Waals surface area contributed by atoms with Crippen LogP contribution in [0.4, 0.5) is 11.6 Å². The molecule has 0 aliphatic carbocycles. The quantitative estimate of drug-likeness (QED) is 0.333. The number of aromatic amines is 2. The average Bonchev–Trinajstić information content (AvgIpc) is 3.57. The van der Waals surface area contributed by atoms with Gasteiger partial charge in [-0.2, -0.15) is 0 Å². The Bertz CT molecular complexity index is 1470. The Balaban J connectivity index is 0.000000162. The fourth-order valence-electron chi connectivity index (χ4n) is 3.85. The molecular weight excluding hydrogens is 438 g/mol. The predicted octanol–water partition coefficient (Wildman–Crippen LogP) is 4.77. The molecule has 9 nitrogen and oxygen atoms in total. The summed E-state index contributed by atoms with van der Waals surface area (Å²) in [5, 5.41) is 5.79. The summed E-state index contributed by atoms with van der Waals surface area (Å²) in [6.07, 6.45) is 12.5. The van der Waals surface area contributed by atoms with Gasteiger partial charge in [-0.05, 0) is 30.0 Å². The first kappa shape index (κ1) is 21.0. The van der Waals surface area contributed by atoms with Gasteiger partial charge in [-0.3, -0.25) is 4.99 Å². The third-order valence-electron chi connectivity index (χ3n) is 5.58. The highest BCUT2D eigenvalue weighted by molar-refractivity contribution is 6.34. The molecule has 1 aliphatic heterocycles. The van der Waals surface area contributed by atoms with E-state index >= 15 is 0 Å². The lowest BCUT2D eigenvalue weighted by Gasteiger charge is -2.08. The molecular formula is C23H22ClN9. The number of aliphatic imine (C=N–C) groups is 1. The van der Waals surface area contributed by atoms with E-state index in [4.69, 9.17) is 11.6 Å². The van der Waals surface area contributed by atoms with Crippen molar-refractivity contribution in [2.24, 2.45) is 4.99 Å². The highest BCUT2D eigenvalue weighted by atomic mass is 35.5. The van der Waals surface area contributed by atoms with Crippen molar-refractivity contribution in [2.75, 3.05) is 5.32 Å². The van der Waals surface area contributed by atoms with Crippen LogP contribution in [0.2, 0.25) is 5.15 Å². The van der Waals surface area contributed by atoms with Crippen LogP contribution in [-0.2, 0) is 19.4 Å². The van der Waals surface area contributed by atoms with Crippen LogP contribution in [0, 0.1) is 0 Å². The lowest BCUT2D eigenvalue weighted by Crippen LogP contribution is -2.00. The molecule has 1 aliphatic rings. The smallest absolute Gasteiger partial charge is 0.144 e. The van der Waals surface area contributed by atoms with Gasteiger partial charge in [0.25, 0.3) is 0 Å². The molecule has 5 aromatic rings. The number of hydrogen-bond donors (Lipinski definition) is 3. The summed E-state index contributed by atoms with van der Waals surface area (Å²) in [5.41, 5.74) is 6.28. The van der Waals surface area contributed by atoms with Gasteiger partial charge in [0.1, 0.15) is 40.7 Å². The fourth-order valence-corrected chi connectivity index (χ4v) is 4.10. The Morgan fingerprint density at radius 2 is 1.61 bits per heavy atom. The van der Waals surface area contributed by atoms with Crippen molar-refractivity contribution < 1.29 is 0 Å². The SMILES string of the molecule is CCc1c[nH]c2ncnc(Cl)c12.CCc1c[nH]c2ncnc(Nc3cc4c(cn3)CN=C4)c12. The summed E-state index contributed by atoms with van der Waals surface area (Å²) in [5.74, 6) is 1.55. The van der Waals surface area contributed by atoms with E-state index in [2.05, 4.69) is 59.0 Å². The van der Waals surface area contributed by atoms with Gasteiger partial charge in [0.2, 0.25) is 0 Å². The van der Waals surface area contributed by atoms with Crippen LogP contribution in [-0.4, -0.2) is 41.1 Å². The van der Waals surface area contributed by atoms with Gasteiger partial charge in [0, 0.05) is 35.9 Å². The molecule has 10 heteroatoms. The lowest BCUT2D eigenvalue weighted by atomic mass is 10.1. The first-order valence-corrected chi connectivity index (χ1v) is 11.1. The number of halogens is 1. The van der Waals surface area contributed by atoms with Crippen molar-refractivity contribution in [3.05, 3.63) is 64.7 Å². The molecule has 0 radical (unpaired) electrons. The molecule has 6 heterocycles. The number of aryl methyl sites for hydroxylation is 2. The molecule has 0 saturated carbocycles. The van der Waals surface area contributed by atoms with E-state index in [-0.39, 0.29) is 0 Å². The molecule has 3 N–H and O–H groups in total. The minimum Gasteiger partial charge on any atom is -0.346 e. The normalized spacial score (nSPS) is 12.1. The van der Waals surface area contributed by atoms with E-state index in [1.807, 2.05) is 30.9 Å². The van der Waals surface area contributed by atoms with Crippen LogP contribution < -0.4 is 5.32 Å². The van der Waals surface area contributed by atoms with Gasteiger partial charge in [-0.15, -0.1) is 0 Å². The van der Waals surface area contributed by atoms with Crippen molar-refractivity contribution in [3.63, 3.8) is 0 Å². The number of fused-ring (bicyclic) bond motifs is 3. The molecule has 166 valence electrons. The Kier molecular flexibility index (Phi) is 5.70. The van der Waals surface area contributed by atoms with Gasteiger partial charge in [0.05, 0.1) is 17.3 Å². The molecule has 5 aromatic heterocycles. The van der Waals surface area contributed by atoms with E-state index in [1.54, 1.807) is 6.33 Å². The predicted molar refractivity (Wildman–Crippen MR) is 130 cm³/mol. The third-order valence-corrected chi connectivity index (χ3v) is 5.87. The summed E-state index contributed by atoms with van der Waals surface area (Å²) < 4.78 is 0. The molecule has 0 unspecified atom stereocenters. The number of pyridine rings is 1. The molecule has 0 amide bonds. The zero-order chi connectivity index (χ0) is 22.8. The molecule has 0 fully saturated rings. The number of H-pyrrole nitrogens is 2. The summed E-state index contributed by atoms with van der Waals surface area (Å²) in [6, 6.07) is 2.00. The highest BCUT2D eigenvalue weighted by Gasteiger charge is 2.12. The number of rotatable bonds is 4. The van der Waals surface area contributed by atoms with E-state index < -0.39 is 0 Å². The minimum atomic E-state index is 0.526. The van der Waals surface area contributed by atoms with Crippen molar-refractivity contribution in [2.45, 2.75) is 33.2 Å². The third kappa shape index (κ3) is 4.03. The van der Waals surface area contributed by atoms with E-state index in [0.717, 1.165) is 69.8 Å². The van der Waals surface area contributed by atoms with Gasteiger partial charge < -0.3 is 15.3 Å². The van der Waals surface area contributed by atoms with Crippen LogP contribution in [0.5, 0.6) is 0 Å². The topological polar surface area (TPSA) is 120 Å². The average molecular weight is 460 g/mol. The van der Waals surface area contributed by atoms with Crippen LogP contribution in [0.25, 0.3) is 22.1 Å². The van der Waals surface area contributed by atoms with E-state index in [1.165, 1.54) is 11.9 Å². The maximum atomic E-state index is 5.91. The zero-order valence-electron chi connectivity index (χ0n) is 18.2. The zero-order valence-corrected chi connectivity index (χ0v) is 19.0. The van der Waals surface area contributed by atoms with Crippen molar-refractivity contribution in [1.82, 2.24) is 34.9 Å². The Morgan fingerprint density at radius 3 is 2.36 bits per heavy atom. The largest absolute Gasteiger partial charge is 0.346 e. The second-order valence-corrected chi connectivity index (χ2v) is 7.89. The minimum absolute atomic E-state index is 0.526. The van der Waals surface area contributed by atoms with Crippen molar-refractivity contribution >= 4 is 51.5 Å². The molecule has 0 saturated heterocycles. The second-order valence-electron chi connectivity index (χ2n) is 7.53. The number of aromatic nitrogens is 7.